The molecule has 4 aromatic rings. The molecular formula is C20H18F2N6O3. The number of alkyl halides is 2. The highest BCUT2D eigenvalue weighted by atomic mass is 19.3. The summed E-state index contributed by atoms with van der Waals surface area (Å²) in [6.45, 7) is 1.56. The van der Waals surface area contributed by atoms with E-state index < -0.39 is 35.9 Å². The van der Waals surface area contributed by atoms with Gasteiger partial charge in [-0.25, -0.2) is 23.3 Å². The highest BCUT2D eigenvalue weighted by Gasteiger charge is 2.39. The Morgan fingerprint density at radius 1 is 1.39 bits per heavy atom. The maximum absolute atomic E-state index is 13.6. The number of aromatic amines is 1. The number of H-pyrrole nitrogens is 1. The van der Waals surface area contributed by atoms with Gasteiger partial charge in [0.15, 0.2) is 5.69 Å². The average molecular weight is 428 g/mol. The van der Waals surface area contributed by atoms with Crippen LogP contribution >= 0.6 is 0 Å². The van der Waals surface area contributed by atoms with Crippen molar-refractivity contribution in [3.63, 3.8) is 0 Å². The summed E-state index contributed by atoms with van der Waals surface area (Å²) in [5, 5.41) is 14.3. The van der Waals surface area contributed by atoms with E-state index in [4.69, 9.17) is 4.42 Å². The third kappa shape index (κ3) is 3.17. The number of aliphatic hydroxyl groups excluding tert-OH is 1. The molecule has 1 amide bonds. The number of nitrogens with zero attached hydrogens (tertiary/aromatic N) is 5. The minimum Gasteiger partial charge on any atom is -0.432 e. The zero-order valence-electron chi connectivity index (χ0n) is 16.4. The van der Waals surface area contributed by atoms with Crippen LogP contribution in [-0.4, -0.2) is 47.0 Å². The van der Waals surface area contributed by atoms with Crippen LogP contribution in [-0.2, 0) is 6.42 Å². The molecule has 160 valence electrons. The average Bonchev–Trinajstić information content (AvgIpc) is 3.49. The molecule has 31 heavy (non-hydrogen) atoms. The Hall–Kier alpha value is -3.60. The van der Waals surface area contributed by atoms with Crippen molar-refractivity contribution >= 4 is 11.4 Å². The van der Waals surface area contributed by atoms with E-state index in [2.05, 4.69) is 20.1 Å². The van der Waals surface area contributed by atoms with Gasteiger partial charge in [0.1, 0.15) is 12.1 Å². The van der Waals surface area contributed by atoms with Crippen LogP contribution in [0.5, 0.6) is 0 Å². The number of carbonyl (C=O) groups is 1. The van der Waals surface area contributed by atoms with Crippen molar-refractivity contribution in [2.45, 2.75) is 31.9 Å². The van der Waals surface area contributed by atoms with E-state index in [9.17, 15) is 18.7 Å². The molecule has 0 saturated carbocycles. The normalized spacial score (nSPS) is 17.3. The second-order valence-electron chi connectivity index (χ2n) is 7.30. The minimum atomic E-state index is -3.03. The predicted octanol–water partition coefficient (Wildman–Crippen LogP) is 2.82. The summed E-state index contributed by atoms with van der Waals surface area (Å²) in [6.07, 6.45) is -0.486. The van der Waals surface area contributed by atoms with Crippen LogP contribution in [0.4, 0.5) is 8.78 Å². The molecule has 0 aromatic carbocycles. The maximum Gasteiger partial charge on any atom is 0.292 e. The highest BCUT2D eigenvalue weighted by Crippen LogP contribution is 2.36. The second kappa shape index (κ2) is 7.27. The van der Waals surface area contributed by atoms with Gasteiger partial charge in [-0.05, 0) is 25.1 Å². The van der Waals surface area contributed by atoms with E-state index in [1.54, 1.807) is 10.7 Å². The number of amides is 1. The predicted molar refractivity (Wildman–Crippen MR) is 102 cm³/mol. The molecule has 0 bridgehead atoms. The Morgan fingerprint density at radius 2 is 2.23 bits per heavy atom. The second-order valence-corrected chi connectivity index (χ2v) is 7.30. The molecule has 0 aliphatic carbocycles. The van der Waals surface area contributed by atoms with Gasteiger partial charge in [-0.2, -0.15) is 5.10 Å². The van der Waals surface area contributed by atoms with Gasteiger partial charge >= 0.3 is 0 Å². The van der Waals surface area contributed by atoms with Gasteiger partial charge in [0.05, 0.1) is 23.2 Å². The van der Waals surface area contributed by atoms with Crippen LogP contribution in [0.25, 0.3) is 5.52 Å². The Kier molecular flexibility index (Phi) is 4.54. The monoisotopic (exact) mass is 428 g/mol. The lowest BCUT2D eigenvalue weighted by Gasteiger charge is -2.33. The van der Waals surface area contributed by atoms with Crippen molar-refractivity contribution in [2.75, 3.05) is 6.54 Å². The van der Waals surface area contributed by atoms with Gasteiger partial charge < -0.3 is 19.4 Å². The SMILES string of the molecule is C[C@@H](O)c1nc(C(F)F)c(C(=O)N2CCc3[nH]cnc3[C@H]2c2cc3ccccn3n2)o1. The fourth-order valence-corrected chi connectivity index (χ4v) is 3.85. The summed E-state index contributed by atoms with van der Waals surface area (Å²) in [5.41, 5.74) is 2.01. The van der Waals surface area contributed by atoms with Gasteiger partial charge in [-0.3, -0.25) is 4.79 Å². The molecule has 1 aliphatic heterocycles. The summed E-state index contributed by atoms with van der Waals surface area (Å²) in [4.78, 5) is 25.9. The molecule has 5 rings (SSSR count). The largest absolute Gasteiger partial charge is 0.432 e. The molecule has 2 N–H and O–H groups in total. The molecule has 0 radical (unpaired) electrons. The number of aromatic nitrogens is 5. The van der Waals surface area contributed by atoms with Gasteiger partial charge in [-0.15, -0.1) is 0 Å². The standard InChI is InChI=1S/C20H18F2N6O3/c1-10(29)19-25-15(18(21)22)17(31-19)20(30)27-7-5-12-14(24-9-23-12)16(27)13-8-11-4-2-3-6-28(11)26-13/h2-4,6,8-10,16,18,29H,5,7H2,1H3,(H,23,24)/t10-,16-/m1/s1. The molecule has 0 spiro atoms. The molecule has 2 atom stereocenters. The first-order valence-corrected chi connectivity index (χ1v) is 9.68. The van der Waals surface area contributed by atoms with Crippen LogP contribution in [0.2, 0.25) is 0 Å². The number of imidazole rings is 1. The smallest absolute Gasteiger partial charge is 0.292 e. The Bertz CT molecular complexity index is 1230. The van der Waals surface area contributed by atoms with Gasteiger partial charge in [0.2, 0.25) is 11.7 Å². The van der Waals surface area contributed by atoms with E-state index in [1.807, 2.05) is 24.3 Å². The van der Waals surface area contributed by atoms with Crippen molar-refractivity contribution in [1.82, 2.24) is 29.5 Å². The van der Waals surface area contributed by atoms with E-state index in [-0.39, 0.29) is 12.4 Å². The van der Waals surface area contributed by atoms with Crippen LogP contribution < -0.4 is 0 Å². The summed E-state index contributed by atoms with van der Waals surface area (Å²) >= 11 is 0. The van der Waals surface area contributed by atoms with Crippen LogP contribution in [0.15, 0.2) is 41.2 Å². The zero-order chi connectivity index (χ0) is 21.7. The zero-order valence-corrected chi connectivity index (χ0v) is 16.4. The molecule has 11 heteroatoms. The van der Waals surface area contributed by atoms with Gasteiger partial charge in [-0.1, -0.05) is 6.07 Å². The Morgan fingerprint density at radius 3 is 2.97 bits per heavy atom. The number of hydrogen-bond acceptors (Lipinski definition) is 6. The van der Waals surface area contributed by atoms with Crippen LogP contribution in [0.3, 0.4) is 0 Å². The molecule has 5 heterocycles. The van der Waals surface area contributed by atoms with Crippen molar-refractivity contribution in [1.29, 1.82) is 0 Å². The molecule has 0 unspecified atom stereocenters. The summed E-state index contributed by atoms with van der Waals surface area (Å²) in [5.74, 6) is -1.68. The Labute approximate surface area is 174 Å². The number of nitrogens with one attached hydrogen (secondary N) is 1. The molecule has 1 aliphatic rings. The third-order valence-corrected chi connectivity index (χ3v) is 5.28. The number of aliphatic hydroxyl groups is 1. The van der Waals surface area contributed by atoms with Crippen molar-refractivity contribution in [2.24, 2.45) is 0 Å². The van der Waals surface area contributed by atoms with Gasteiger partial charge in [0.25, 0.3) is 12.3 Å². The molecule has 0 fully saturated rings. The topological polar surface area (TPSA) is 113 Å². The first-order valence-electron chi connectivity index (χ1n) is 9.68. The highest BCUT2D eigenvalue weighted by molar-refractivity contribution is 5.93. The van der Waals surface area contributed by atoms with Crippen molar-refractivity contribution in [3.8, 4) is 0 Å². The van der Waals surface area contributed by atoms with Crippen molar-refractivity contribution in [3.05, 3.63) is 71.2 Å². The number of carbonyl (C=O) groups excluding carboxylic acids is 1. The number of pyridine rings is 1. The third-order valence-electron chi connectivity index (χ3n) is 5.28. The number of rotatable bonds is 4. The maximum atomic E-state index is 13.6. The van der Waals surface area contributed by atoms with E-state index in [1.165, 1.54) is 18.2 Å². The summed E-state index contributed by atoms with van der Waals surface area (Å²) in [6, 6.07) is 6.69. The molecule has 4 aromatic heterocycles. The molecular weight excluding hydrogens is 410 g/mol. The lowest BCUT2D eigenvalue weighted by Crippen LogP contribution is -2.41. The van der Waals surface area contributed by atoms with E-state index in [0.29, 0.717) is 17.8 Å². The Balaban J connectivity index is 1.61. The molecule has 9 nitrogen and oxygen atoms in total. The summed E-state index contributed by atoms with van der Waals surface area (Å²) < 4.78 is 34.1. The van der Waals surface area contributed by atoms with Crippen LogP contribution in [0, 0.1) is 0 Å². The molecule has 0 saturated heterocycles. The number of halogens is 2. The fraction of sp³-hybridized carbons (Fsp3) is 0.300. The lowest BCUT2D eigenvalue weighted by molar-refractivity contribution is 0.0631. The fourth-order valence-electron chi connectivity index (χ4n) is 3.85. The number of hydrogen-bond donors (Lipinski definition) is 2. The van der Waals surface area contributed by atoms with Crippen molar-refractivity contribution < 1.29 is 23.1 Å². The first-order chi connectivity index (χ1) is 14.9. The lowest BCUT2D eigenvalue weighted by atomic mass is 9.99. The van der Waals surface area contributed by atoms with Gasteiger partial charge in [0, 0.05) is 24.9 Å². The minimum absolute atomic E-state index is 0.236. The quantitative estimate of drug-likeness (QED) is 0.517. The summed E-state index contributed by atoms with van der Waals surface area (Å²) in [7, 11) is 0. The van der Waals surface area contributed by atoms with E-state index >= 15 is 0 Å². The number of fused-ring (bicyclic) bond motifs is 2. The van der Waals surface area contributed by atoms with Crippen LogP contribution in [0.1, 0.15) is 64.7 Å². The van der Waals surface area contributed by atoms with E-state index in [0.717, 1.165) is 11.2 Å². The first kappa shape index (κ1) is 19.4. The number of oxazole rings is 1.